The van der Waals surface area contributed by atoms with Crippen molar-refractivity contribution in [3.63, 3.8) is 0 Å². The molecule has 0 aliphatic carbocycles. The van der Waals surface area contributed by atoms with Crippen molar-refractivity contribution in [2.75, 3.05) is 13.1 Å². The highest BCUT2D eigenvalue weighted by molar-refractivity contribution is 6.32. The molecule has 1 aromatic carbocycles. The van der Waals surface area contributed by atoms with E-state index in [4.69, 9.17) is 22.8 Å². The standard InChI is InChI=1S/C16H21ClN2O2/c1-5-9-19-16(20)12(4)21-15-8-7-13(10-14(15)17)11(3)18-6-2/h1,7-8,10-12,18H,6,9H2,2-4H3,(H,19,20). The van der Waals surface area contributed by atoms with Gasteiger partial charge in [-0.05, 0) is 38.1 Å². The Labute approximate surface area is 131 Å². The van der Waals surface area contributed by atoms with Gasteiger partial charge in [-0.3, -0.25) is 4.79 Å². The van der Waals surface area contributed by atoms with Crippen molar-refractivity contribution in [2.24, 2.45) is 0 Å². The number of terminal acetylenes is 1. The number of ether oxygens (including phenoxy) is 1. The lowest BCUT2D eigenvalue weighted by Crippen LogP contribution is -2.36. The highest BCUT2D eigenvalue weighted by Gasteiger charge is 2.16. The third kappa shape index (κ3) is 5.30. The molecular weight excluding hydrogens is 288 g/mol. The van der Waals surface area contributed by atoms with Crippen LogP contribution in [0.25, 0.3) is 0 Å². The normalized spacial score (nSPS) is 13.1. The number of amides is 1. The zero-order valence-electron chi connectivity index (χ0n) is 12.6. The first kappa shape index (κ1) is 17.4. The van der Waals surface area contributed by atoms with Crippen LogP contribution < -0.4 is 15.4 Å². The third-order valence-corrected chi connectivity index (χ3v) is 3.30. The maximum atomic E-state index is 11.7. The molecule has 2 atom stereocenters. The Bertz CT molecular complexity index is 525. The van der Waals surface area contributed by atoms with E-state index in [0.29, 0.717) is 10.8 Å². The van der Waals surface area contributed by atoms with E-state index in [-0.39, 0.29) is 18.5 Å². The van der Waals surface area contributed by atoms with Crippen LogP contribution in [-0.4, -0.2) is 25.1 Å². The predicted octanol–water partition coefficient (Wildman–Crippen LogP) is 2.53. The van der Waals surface area contributed by atoms with E-state index >= 15 is 0 Å². The highest BCUT2D eigenvalue weighted by Crippen LogP contribution is 2.28. The number of carbonyl (C=O) groups is 1. The number of halogens is 1. The van der Waals surface area contributed by atoms with Crippen LogP contribution in [0.5, 0.6) is 5.75 Å². The molecule has 2 unspecified atom stereocenters. The molecule has 0 heterocycles. The molecule has 4 nitrogen and oxygen atoms in total. The molecule has 1 aromatic rings. The van der Waals surface area contributed by atoms with Crippen LogP contribution in [0.15, 0.2) is 18.2 Å². The van der Waals surface area contributed by atoms with Crippen molar-refractivity contribution in [2.45, 2.75) is 32.9 Å². The third-order valence-electron chi connectivity index (χ3n) is 3.00. The van der Waals surface area contributed by atoms with E-state index in [0.717, 1.165) is 12.1 Å². The number of benzene rings is 1. The molecule has 0 spiro atoms. The van der Waals surface area contributed by atoms with Crippen molar-refractivity contribution >= 4 is 17.5 Å². The summed E-state index contributed by atoms with van der Waals surface area (Å²) in [5, 5.41) is 6.35. The Morgan fingerprint density at radius 2 is 2.19 bits per heavy atom. The second-order valence-corrected chi connectivity index (χ2v) is 5.06. The van der Waals surface area contributed by atoms with E-state index in [9.17, 15) is 4.79 Å². The predicted molar refractivity (Wildman–Crippen MR) is 85.5 cm³/mol. The van der Waals surface area contributed by atoms with Crippen molar-refractivity contribution in [1.82, 2.24) is 10.6 Å². The summed E-state index contributed by atoms with van der Waals surface area (Å²) in [7, 11) is 0. The van der Waals surface area contributed by atoms with Gasteiger partial charge in [0, 0.05) is 6.04 Å². The second kappa shape index (κ2) is 8.56. The minimum atomic E-state index is -0.659. The lowest BCUT2D eigenvalue weighted by Gasteiger charge is -2.17. The van der Waals surface area contributed by atoms with Crippen LogP contribution in [0.2, 0.25) is 5.02 Å². The van der Waals surface area contributed by atoms with E-state index in [2.05, 4.69) is 23.5 Å². The molecule has 2 N–H and O–H groups in total. The van der Waals surface area contributed by atoms with Gasteiger partial charge in [-0.1, -0.05) is 30.5 Å². The van der Waals surface area contributed by atoms with Crippen molar-refractivity contribution in [3.05, 3.63) is 28.8 Å². The van der Waals surface area contributed by atoms with Gasteiger partial charge in [-0.15, -0.1) is 6.42 Å². The van der Waals surface area contributed by atoms with E-state index in [1.54, 1.807) is 13.0 Å². The van der Waals surface area contributed by atoms with Crippen LogP contribution in [0.1, 0.15) is 32.4 Å². The van der Waals surface area contributed by atoms with Gasteiger partial charge in [-0.2, -0.15) is 0 Å². The summed E-state index contributed by atoms with van der Waals surface area (Å²) < 4.78 is 5.57. The monoisotopic (exact) mass is 308 g/mol. The van der Waals surface area contributed by atoms with Gasteiger partial charge in [0.25, 0.3) is 5.91 Å². The molecule has 0 aliphatic heterocycles. The molecule has 0 aromatic heterocycles. The van der Waals surface area contributed by atoms with Gasteiger partial charge in [0.05, 0.1) is 11.6 Å². The van der Waals surface area contributed by atoms with E-state index in [1.165, 1.54) is 0 Å². The molecule has 0 radical (unpaired) electrons. The zero-order chi connectivity index (χ0) is 15.8. The second-order valence-electron chi connectivity index (χ2n) is 4.65. The van der Waals surface area contributed by atoms with Crippen molar-refractivity contribution in [3.8, 4) is 18.1 Å². The molecule has 0 aliphatic rings. The Morgan fingerprint density at radius 1 is 1.48 bits per heavy atom. The van der Waals surface area contributed by atoms with Gasteiger partial charge in [0.1, 0.15) is 5.75 Å². The fraction of sp³-hybridized carbons (Fsp3) is 0.438. The summed E-state index contributed by atoms with van der Waals surface area (Å²) in [4.78, 5) is 11.7. The summed E-state index contributed by atoms with van der Waals surface area (Å²) in [5.41, 5.74) is 1.07. The first-order valence-corrected chi connectivity index (χ1v) is 7.28. The first-order valence-electron chi connectivity index (χ1n) is 6.90. The maximum absolute atomic E-state index is 11.7. The smallest absolute Gasteiger partial charge is 0.261 e. The molecule has 0 saturated carbocycles. The van der Waals surface area contributed by atoms with Gasteiger partial charge >= 0.3 is 0 Å². The van der Waals surface area contributed by atoms with Crippen molar-refractivity contribution in [1.29, 1.82) is 0 Å². The quantitative estimate of drug-likeness (QED) is 0.761. The average molecular weight is 309 g/mol. The Hall–Kier alpha value is -1.70. The molecule has 1 rings (SSSR count). The summed E-state index contributed by atoms with van der Waals surface area (Å²) in [6.45, 7) is 6.82. The van der Waals surface area contributed by atoms with E-state index < -0.39 is 6.10 Å². The molecular formula is C16H21ClN2O2. The molecule has 114 valence electrons. The first-order chi connectivity index (χ1) is 9.99. The zero-order valence-corrected chi connectivity index (χ0v) is 13.3. The Kier molecular flexibility index (Phi) is 7.07. The van der Waals surface area contributed by atoms with Crippen molar-refractivity contribution < 1.29 is 9.53 Å². The summed E-state index contributed by atoms with van der Waals surface area (Å²) in [6.07, 6.45) is 4.43. The van der Waals surface area contributed by atoms with Gasteiger partial charge < -0.3 is 15.4 Å². The number of hydrogen-bond acceptors (Lipinski definition) is 3. The lowest BCUT2D eigenvalue weighted by molar-refractivity contribution is -0.126. The maximum Gasteiger partial charge on any atom is 0.261 e. The molecule has 5 heteroatoms. The fourth-order valence-corrected chi connectivity index (χ4v) is 2.07. The van der Waals surface area contributed by atoms with Gasteiger partial charge in [-0.25, -0.2) is 0 Å². The number of rotatable bonds is 7. The Balaban J connectivity index is 2.72. The molecule has 21 heavy (non-hydrogen) atoms. The molecule has 1 amide bonds. The lowest BCUT2D eigenvalue weighted by atomic mass is 10.1. The molecule has 0 saturated heterocycles. The topological polar surface area (TPSA) is 50.4 Å². The average Bonchev–Trinajstić information content (AvgIpc) is 2.46. The van der Waals surface area contributed by atoms with Gasteiger partial charge in [0.2, 0.25) is 0 Å². The van der Waals surface area contributed by atoms with Crippen LogP contribution in [-0.2, 0) is 4.79 Å². The number of nitrogens with one attached hydrogen (secondary N) is 2. The summed E-state index contributed by atoms with van der Waals surface area (Å²) >= 11 is 6.21. The van der Waals surface area contributed by atoms with Crippen LogP contribution in [0, 0.1) is 12.3 Å². The SMILES string of the molecule is C#CCNC(=O)C(C)Oc1ccc(C(C)NCC)cc1Cl. The van der Waals surface area contributed by atoms with Gasteiger partial charge in [0.15, 0.2) is 6.10 Å². The minimum absolute atomic E-state index is 0.180. The van der Waals surface area contributed by atoms with Crippen LogP contribution >= 0.6 is 11.6 Å². The summed E-state index contributed by atoms with van der Waals surface area (Å²) in [6, 6.07) is 5.76. The molecule has 0 fully saturated rings. The van der Waals surface area contributed by atoms with Crippen LogP contribution in [0.3, 0.4) is 0 Å². The number of carbonyl (C=O) groups excluding carboxylic acids is 1. The highest BCUT2D eigenvalue weighted by atomic mass is 35.5. The largest absolute Gasteiger partial charge is 0.479 e. The molecule has 0 bridgehead atoms. The summed E-state index contributed by atoms with van der Waals surface area (Å²) in [5.74, 6) is 2.55. The van der Waals surface area contributed by atoms with Crippen LogP contribution in [0.4, 0.5) is 0 Å². The minimum Gasteiger partial charge on any atom is -0.479 e. The van der Waals surface area contributed by atoms with E-state index in [1.807, 2.05) is 19.1 Å². The fourth-order valence-electron chi connectivity index (χ4n) is 1.83. The Morgan fingerprint density at radius 3 is 2.76 bits per heavy atom. The number of hydrogen-bond donors (Lipinski definition) is 2.